The Hall–Kier alpha value is -2.91. The van der Waals surface area contributed by atoms with Crippen molar-refractivity contribution in [3.05, 3.63) is 102 Å². The van der Waals surface area contributed by atoms with Gasteiger partial charge in [-0.1, -0.05) is 85.8 Å². The lowest BCUT2D eigenvalue weighted by atomic mass is 9.78. The molecule has 0 saturated heterocycles. The fourth-order valence-electron chi connectivity index (χ4n) is 3.75. The third-order valence-electron chi connectivity index (χ3n) is 5.15. The minimum atomic E-state index is -0.571. The maximum Gasteiger partial charge on any atom is 0.101 e. The quantitative estimate of drug-likeness (QED) is 0.743. The fourth-order valence-corrected chi connectivity index (χ4v) is 3.75. The molecule has 0 saturated carbocycles. The van der Waals surface area contributed by atoms with Crippen LogP contribution in [0.3, 0.4) is 0 Å². The second kappa shape index (κ2) is 6.77. The monoisotopic (exact) mass is 341 g/mol. The SMILES string of the molecule is CCC1(N)C(c2ccccc2)=NN(c2ccccc2)C1c1ccccc1. The molecule has 2 N–H and O–H groups in total. The van der Waals surface area contributed by atoms with Crippen molar-refractivity contribution < 1.29 is 0 Å². The van der Waals surface area contributed by atoms with E-state index in [4.69, 9.17) is 10.8 Å². The van der Waals surface area contributed by atoms with Crippen LogP contribution in [0.2, 0.25) is 0 Å². The molecule has 0 aromatic heterocycles. The largest absolute Gasteiger partial charge is 0.318 e. The predicted molar refractivity (Wildman–Crippen MR) is 108 cm³/mol. The molecule has 0 fully saturated rings. The average molecular weight is 341 g/mol. The van der Waals surface area contributed by atoms with Crippen molar-refractivity contribution >= 4 is 11.4 Å². The Morgan fingerprint density at radius 1 is 0.846 bits per heavy atom. The first-order valence-corrected chi connectivity index (χ1v) is 9.06. The van der Waals surface area contributed by atoms with Gasteiger partial charge in [0.25, 0.3) is 0 Å². The lowest BCUT2D eigenvalue weighted by Gasteiger charge is -2.35. The van der Waals surface area contributed by atoms with Gasteiger partial charge in [-0.3, -0.25) is 5.01 Å². The number of hydrogen-bond acceptors (Lipinski definition) is 3. The average Bonchev–Trinajstić information content (AvgIpc) is 3.04. The summed E-state index contributed by atoms with van der Waals surface area (Å²) in [4.78, 5) is 0. The molecule has 2 atom stereocenters. The highest BCUT2D eigenvalue weighted by molar-refractivity contribution is 6.10. The number of hydrazone groups is 1. The molecule has 26 heavy (non-hydrogen) atoms. The molecule has 1 aliphatic rings. The maximum atomic E-state index is 7.07. The Labute approximate surface area is 154 Å². The molecule has 0 aliphatic carbocycles. The van der Waals surface area contributed by atoms with Gasteiger partial charge < -0.3 is 5.73 Å². The van der Waals surface area contributed by atoms with Gasteiger partial charge >= 0.3 is 0 Å². The van der Waals surface area contributed by atoms with Gasteiger partial charge in [0.05, 0.1) is 16.9 Å². The summed E-state index contributed by atoms with van der Waals surface area (Å²) in [6.07, 6.45) is 0.795. The van der Waals surface area contributed by atoms with Crippen molar-refractivity contribution in [2.75, 3.05) is 5.01 Å². The first-order chi connectivity index (χ1) is 12.7. The summed E-state index contributed by atoms with van der Waals surface area (Å²) in [7, 11) is 0. The first kappa shape index (κ1) is 16.6. The Morgan fingerprint density at radius 3 is 1.96 bits per heavy atom. The number of nitrogens with two attached hydrogens (primary N) is 1. The molecule has 3 nitrogen and oxygen atoms in total. The van der Waals surface area contributed by atoms with E-state index in [2.05, 4.69) is 60.5 Å². The molecule has 0 amide bonds. The van der Waals surface area contributed by atoms with E-state index in [-0.39, 0.29) is 6.04 Å². The molecule has 3 aromatic rings. The van der Waals surface area contributed by atoms with Gasteiger partial charge in [0.15, 0.2) is 0 Å². The van der Waals surface area contributed by atoms with Gasteiger partial charge in [-0.25, -0.2) is 0 Å². The predicted octanol–water partition coefficient (Wildman–Crippen LogP) is 4.76. The molecule has 2 unspecified atom stereocenters. The van der Waals surface area contributed by atoms with Gasteiger partial charge in [-0.2, -0.15) is 5.10 Å². The summed E-state index contributed by atoms with van der Waals surface area (Å²) in [5.41, 5.74) is 10.7. The van der Waals surface area contributed by atoms with Crippen molar-refractivity contribution in [2.24, 2.45) is 10.8 Å². The molecule has 4 rings (SSSR count). The molecule has 3 aromatic carbocycles. The highest BCUT2D eigenvalue weighted by atomic mass is 15.5. The topological polar surface area (TPSA) is 41.6 Å². The van der Waals surface area contributed by atoms with Crippen LogP contribution in [0.15, 0.2) is 96.1 Å². The van der Waals surface area contributed by atoms with Crippen LogP contribution in [0.25, 0.3) is 0 Å². The maximum absolute atomic E-state index is 7.07. The summed E-state index contributed by atoms with van der Waals surface area (Å²) < 4.78 is 0. The number of nitrogens with zero attached hydrogens (tertiary/aromatic N) is 2. The highest BCUT2D eigenvalue weighted by Gasteiger charge is 2.48. The van der Waals surface area contributed by atoms with Gasteiger partial charge in [0.2, 0.25) is 0 Å². The van der Waals surface area contributed by atoms with Gasteiger partial charge in [0.1, 0.15) is 6.04 Å². The van der Waals surface area contributed by atoms with Crippen LogP contribution < -0.4 is 10.7 Å². The van der Waals surface area contributed by atoms with Crippen LogP contribution in [0.4, 0.5) is 5.69 Å². The van der Waals surface area contributed by atoms with E-state index in [0.29, 0.717) is 0 Å². The van der Waals surface area contributed by atoms with Crippen molar-refractivity contribution in [3.8, 4) is 0 Å². The van der Waals surface area contributed by atoms with E-state index in [0.717, 1.165) is 23.4 Å². The summed E-state index contributed by atoms with van der Waals surface area (Å²) in [6, 6.07) is 30.9. The van der Waals surface area contributed by atoms with Gasteiger partial charge in [-0.05, 0) is 29.7 Å². The molecule has 0 radical (unpaired) electrons. The lowest BCUT2D eigenvalue weighted by molar-refractivity contribution is 0.455. The van der Waals surface area contributed by atoms with E-state index in [1.807, 2.05) is 42.5 Å². The lowest BCUT2D eigenvalue weighted by Crippen LogP contribution is -2.52. The van der Waals surface area contributed by atoms with Crippen LogP contribution in [-0.4, -0.2) is 11.3 Å². The van der Waals surface area contributed by atoms with Crippen molar-refractivity contribution in [1.82, 2.24) is 0 Å². The van der Waals surface area contributed by atoms with Crippen molar-refractivity contribution in [2.45, 2.75) is 24.9 Å². The van der Waals surface area contributed by atoms with Gasteiger partial charge in [-0.15, -0.1) is 0 Å². The summed E-state index contributed by atoms with van der Waals surface area (Å²) in [5.74, 6) is 0. The van der Waals surface area contributed by atoms with E-state index in [1.165, 1.54) is 5.56 Å². The third-order valence-corrected chi connectivity index (χ3v) is 5.15. The minimum absolute atomic E-state index is 0.0497. The smallest absolute Gasteiger partial charge is 0.101 e. The molecule has 130 valence electrons. The first-order valence-electron chi connectivity index (χ1n) is 9.06. The summed E-state index contributed by atoms with van der Waals surface area (Å²) in [5, 5.41) is 7.12. The zero-order valence-corrected chi connectivity index (χ0v) is 14.9. The zero-order chi connectivity index (χ0) is 18.0. The van der Waals surface area contributed by atoms with E-state index in [9.17, 15) is 0 Å². The number of hydrogen-bond donors (Lipinski definition) is 1. The zero-order valence-electron chi connectivity index (χ0n) is 14.9. The normalized spacial score (nSPS) is 22.3. The fraction of sp³-hybridized carbons (Fsp3) is 0.174. The van der Waals surface area contributed by atoms with E-state index in [1.54, 1.807) is 0 Å². The standard InChI is InChI=1S/C23H23N3/c1-2-23(24)21(18-12-6-3-7-13-18)25-26(20-16-10-5-11-17-20)22(23)19-14-8-4-9-15-19/h3-17,22H,2,24H2,1H3. The molecule has 1 heterocycles. The van der Waals surface area contributed by atoms with Crippen LogP contribution >= 0.6 is 0 Å². The minimum Gasteiger partial charge on any atom is -0.318 e. The van der Waals surface area contributed by atoms with Crippen molar-refractivity contribution in [3.63, 3.8) is 0 Å². The Balaban J connectivity index is 1.90. The number of anilines is 1. The van der Waals surface area contributed by atoms with Gasteiger partial charge in [0, 0.05) is 0 Å². The second-order valence-electron chi connectivity index (χ2n) is 6.70. The molecule has 1 aliphatic heterocycles. The molecule has 0 spiro atoms. The van der Waals surface area contributed by atoms with E-state index >= 15 is 0 Å². The van der Waals surface area contributed by atoms with Crippen LogP contribution in [0, 0.1) is 0 Å². The molecule has 0 bridgehead atoms. The highest BCUT2D eigenvalue weighted by Crippen LogP contribution is 2.43. The summed E-state index contributed by atoms with van der Waals surface area (Å²) >= 11 is 0. The summed E-state index contributed by atoms with van der Waals surface area (Å²) in [6.45, 7) is 2.14. The van der Waals surface area contributed by atoms with Crippen molar-refractivity contribution in [1.29, 1.82) is 0 Å². The Kier molecular flexibility index (Phi) is 4.31. The second-order valence-corrected chi connectivity index (χ2v) is 6.70. The number of para-hydroxylation sites is 1. The van der Waals surface area contributed by atoms with E-state index < -0.39 is 5.54 Å². The molecule has 3 heteroatoms. The molecular formula is C23H23N3. The Bertz CT molecular complexity index is 891. The molecular weight excluding hydrogens is 318 g/mol. The van der Waals surface area contributed by atoms with Crippen LogP contribution in [-0.2, 0) is 0 Å². The third kappa shape index (κ3) is 2.71. The van der Waals surface area contributed by atoms with Crippen LogP contribution in [0.1, 0.15) is 30.5 Å². The number of benzene rings is 3. The van der Waals surface area contributed by atoms with Crippen LogP contribution in [0.5, 0.6) is 0 Å². The Morgan fingerprint density at radius 2 is 1.38 bits per heavy atom. The number of rotatable bonds is 4.